The Labute approximate surface area is 221 Å². The maximum absolute atomic E-state index is 13.2. The zero-order valence-corrected chi connectivity index (χ0v) is 21.6. The number of benzene rings is 1. The molecule has 4 heterocycles. The quantitative estimate of drug-likeness (QED) is 0.454. The van der Waals surface area contributed by atoms with Gasteiger partial charge in [-0.2, -0.15) is 0 Å². The smallest absolute Gasteiger partial charge is 0.326 e. The second kappa shape index (κ2) is 12.3. The number of hydrogen-bond acceptors (Lipinski definition) is 7. The van der Waals surface area contributed by atoms with Crippen LogP contribution in [0, 0.1) is 0 Å². The fourth-order valence-corrected chi connectivity index (χ4v) is 5.40. The first-order valence-corrected chi connectivity index (χ1v) is 13.4. The van der Waals surface area contributed by atoms with Crippen LogP contribution in [0.25, 0.3) is 11.0 Å². The van der Waals surface area contributed by atoms with Crippen LogP contribution in [-0.2, 0) is 9.53 Å². The molecule has 202 valence electrons. The van der Waals surface area contributed by atoms with Crippen molar-refractivity contribution < 1.29 is 14.3 Å². The summed E-state index contributed by atoms with van der Waals surface area (Å²) in [6.45, 7) is 6.21. The van der Waals surface area contributed by atoms with Crippen molar-refractivity contribution in [1.82, 2.24) is 34.2 Å². The van der Waals surface area contributed by atoms with Crippen LogP contribution in [0.1, 0.15) is 42.2 Å². The molecule has 2 aromatic heterocycles. The number of carbonyl (C=O) groups is 2. The summed E-state index contributed by atoms with van der Waals surface area (Å²) in [6.07, 6.45) is 7.01. The molecule has 11 nitrogen and oxygen atoms in total. The minimum atomic E-state index is -0.203. The lowest BCUT2D eigenvalue weighted by molar-refractivity contribution is -0.132. The van der Waals surface area contributed by atoms with Crippen LogP contribution in [0.5, 0.6) is 0 Å². The molecular formula is C27H35N7O4. The molecule has 2 aliphatic rings. The number of nitrogens with one attached hydrogen (secondary N) is 1. The Balaban J connectivity index is 1.16. The van der Waals surface area contributed by atoms with Crippen molar-refractivity contribution in [2.45, 2.75) is 31.7 Å². The summed E-state index contributed by atoms with van der Waals surface area (Å²) >= 11 is 0. The first kappa shape index (κ1) is 26.1. The first-order chi connectivity index (χ1) is 18.6. The Bertz CT molecular complexity index is 1280. The van der Waals surface area contributed by atoms with Crippen molar-refractivity contribution in [3.8, 4) is 0 Å². The second-order valence-electron chi connectivity index (χ2n) is 9.87. The molecule has 0 aliphatic carbocycles. The van der Waals surface area contributed by atoms with Gasteiger partial charge in [-0.1, -0.05) is 12.1 Å². The lowest BCUT2D eigenvalue weighted by atomic mass is 10.0. The molecule has 0 spiro atoms. The molecule has 1 aromatic carbocycles. The number of aromatic amines is 1. The third-order valence-electron chi connectivity index (χ3n) is 7.48. The van der Waals surface area contributed by atoms with E-state index >= 15 is 0 Å². The van der Waals surface area contributed by atoms with Crippen LogP contribution in [0.2, 0.25) is 0 Å². The van der Waals surface area contributed by atoms with Crippen LogP contribution in [0.4, 0.5) is 0 Å². The average molecular weight is 522 g/mol. The van der Waals surface area contributed by atoms with E-state index in [1.807, 2.05) is 33.7 Å². The van der Waals surface area contributed by atoms with E-state index in [1.54, 1.807) is 4.90 Å². The van der Waals surface area contributed by atoms with Crippen LogP contribution < -0.4 is 5.69 Å². The number of aromatic nitrogens is 4. The largest absolute Gasteiger partial charge is 0.379 e. The molecule has 1 N–H and O–H groups in total. The van der Waals surface area contributed by atoms with E-state index in [0.29, 0.717) is 26.2 Å². The lowest BCUT2D eigenvalue weighted by Gasteiger charge is -2.33. The molecule has 0 bridgehead atoms. The molecule has 2 aliphatic heterocycles. The number of ether oxygens (including phenoxy) is 1. The zero-order valence-electron chi connectivity index (χ0n) is 21.6. The van der Waals surface area contributed by atoms with Gasteiger partial charge in [0.1, 0.15) is 5.69 Å². The Morgan fingerprint density at radius 2 is 1.84 bits per heavy atom. The van der Waals surface area contributed by atoms with Crippen molar-refractivity contribution >= 4 is 22.8 Å². The third-order valence-corrected chi connectivity index (χ3v) is 7.48. The number of fused-ring (bicyclic) bond motifs is 1. The van der Waals surface area contributed by atoms with Gasteiger partial charge in [0.05, 0.1) is 30.4 Å². The lowest BCUT2D eigenvalue weighted by Crippen LogP contribution is -2.43. The number of hydrogen-bond donors (Lipinski definition) is 1. The number of carbonyl (C=O) groups excluding carboxylic acids is 2. The van der Waals surface area contributed by atoms with Crippen molar-refractivity contribution in [2.75, 3.05) is 59.0 Å². The van der Waals surface area contributed by atoms with Gasteiger partial charge in [-0.3, -0.25) is 24.0 Å². The summed E-state index contributed by atoms with van der Waals surface area (Å²) in [5.74, 6) is -0.176. The number of nitrogens with zero attached hydrogens (tertiary/aromatic N) is 6. The molecular weight excluding hydrogens is 486 g/mol. The topological polar surface area (TPSA) is 117 Å². The van der Waals surface area contributed by atoms with Crippen molar-refractivity contribution in [1.29, 1.82) is 0 Å². The van der Waals surface area contributed by atoms with Gasteiger partial charge in [0, 0.05) is 70.7 Å². The maximum Gasteiger partial charge on any atom is 0.326 e. The maximum atomic E-state index is 13.2. The molecule has 0 radical (unpaired) electrons. The molecule has 38 heavy (non-hydrogen) atoms. The third kappa shape index (κ3) is 6.11. The van der Waals surface area contributed by atoms with Gasteiger partial charge >= 0.3 is 5.69 Å². The minimum Gasteiger partial charge on any atom is -0.379 e. The monoisotopic (exact) mass is 521 g/mol. The van der Waals surface area contributed by atoms with Crippen LogP contribution >= 0.6 is 0 Å². The summed E-state index contributed by atoms with van der Waals surface area (Å²) in [5.41, 5.74) is 1.91. The summed E-state index contributed by atoms with van der Waals surface area (Å²) in [4.78, 5) is 55.9. The number of H-pyrrole nitrogens is 1. The summed E-state index contributed by atoms with van der Waals surface area (Å²) < 4.78 is 7.24. The molecule has 5 rings (SSSR count). The number of morpholine rings is 1. The predicted octanol–water partition coefficient (Wildman–Crippen LogP) is 1.54. The first-order valence-electron chi connectivity index (χ1n) is 13.4. The van der Waals surface area contributed by atoms with Gasteiger partial charge in [-0.15, -0.1) is 0 Å². The van der Waals surface area contributed by atoms with E-state index in [4.69, 9.17) is 4.74 Å². The van der Waals surface area contributed by atoms with Crippen molar-refractivity contribution in [2.24, 2.45) is 0 Å². The number of rotatable bonds is 9. The number of amides is 2. The van der Waals surface area contributed by atoms with Gasteiger partial charge in [-0.05, 0) is 31.4 Å². The molecule has 11 heteroatoms. The highest BCUT2D eigenvalue weighted by atomic mass is 16.5. The number of likely N-dealkylation sites (tertiary alicyclic amines) is 1. The van der Waals surface area contributed by atoms with Crippen molar-refractivity contribution in [3.05, 3.63) is 59.0 Å². The van der Waals surface area contributed by atoms with E-state index in [-0.39, 0.29) is 35.7 Å². The second-order valence-corrected chi connectivity index (χ2v) is 9.87. The fourth-order valence-electron chi connectivity index (χ4n) is 5.40. The highest BCUT2D eigenvalue weighted by Crippen LogP contribution is 2.25. The summed E-state index contributed by atoms with van der Waals surface area (Å²) in [6, 6.07) is 7.75. The Hall–Kier alpha value is -3.57. The van der Waals surface area contributed by atoms with Gasteiger partial charge in [-0.25, -0.2) is 9.78 Å². The Morgan fingerprint density at radius 1 is 1.05 bits per heavy atom. The molecule has 0 saturated carbocycles. The van der Waals surface area contributed by atoms with E-state index in [0.717, 1.165) is 63.1 Å². The van der Waals surface area contributed by atoms with E-state index < -0.39 is 0 Å². The van der Waals surface area contributed by atoms with E-state index in [9.17, 15) is 14.4 Å². The van der Waals surface area contributed by atoms with Crippen LogP contribution in [0.3, 0.4) is 0 Å². The van der Waals surface area contributed by atoms with Crippen molar-refractivity contribution in [3.63, 3.8) is 0 Å². The number of para-hydroxylation sites is 2. The molecule has 2 amide bonds. The predicted molar refractivity (Wildman–Crippen MR) is 142 cm³/mol. The Morgan fingerprint density at radius 3 is 2.61 bits per heavy atom. The molecule has 2 saturated heterocycles. The van der Waals surface area contributed by atoms with Gasteiger partial charge in [0.25, 0.3) is 5.91 Å². The average Bonchev–Trinajstić information content (AvgIpc) is 3.31. The van der Waals surface area contributed by atoms with Gasteiger partial charge in [0.15, 0.2) is 0 Å². The van der Waals surface area contributed by atoms with E-state index in [1.165, 1.54) is 18.6 Å². The SMILES string of the molecule is O=C(CCN(CCCN1CCOCC1)C(=O)c1cnccn1)N1CCC(n2c(=O)[nH]c3ccccc32)CC1. The minimum absolute atomic E-state index is 0.0276. The van der Waals surface area contributed by atoms with Gasteiger partial charge < -0.3 is 19.5 Å². The normalized spacial score (nSPS) is 17.1. The summed E-state index contributed by atoms with van der Waals surface area (Å²) in [7, 11) is 0. The Kier molecular flexibility index (Phi) is 8.44. The molecule has 2 fully saturated rings. The standard InChI is InChI=1S/C27H35N7O4/c35-25(32-13-6-21(7-14-32)34-24-5-2-1-4-22(24)30-27(34)37)8-15-33(26(36)23-20-28-9-10-29-23)12-3-11-31-16-18-38-19-17-31/h1-2,4-5,9-10,20-21H,3,6-8,11-19H2,(H,30,37). The van der Waals surface area contributed by atoms with E-state index in [2.05, 4.69) is 19.9 Å². The fraction of sp³-hybridized carbons (Fsp3) is 0.519. The number of imidazole rings is 1. The van der Waals surface area contributed by atoms with Crippen LogP contribution in [-0.4, -0.2) is 105 Å². The highest BCUT2D eigenvalue weighted by molar-refractivity contribution is 5.92. The van der Waals surface area contributed by atoms with Gasteiger partial charge in [0.2, 0.25) is 5.91 Å². The summed E-state index contributed by atoms with van der Waals surface area (Å²) in [5, 5.41) is 0. The zero-order chi connectivity index (χ0) is 26.3. The molecule has 0 unspecified atom stereocenters. The molecule has 0 atom stereocenters. The highest BCUT2D eigenvalue weighted by Gasteiger charge is 2.27. The number of piperidine rings is 1. The van der Waals surface area contributed by atoms with Crippen LogP contribution in [0.15, 0.2) is 47.7 Å². The molecule has 3 aromatic rings.